The first kappa shape index (κ1) is 18.0. The number of carbonyl (C=O) groups excluding carboxylic acids is 1. The van der Waals surface area contributed by atoms with Crippen LogP contribution in [-0.4, -0.2) is 24.0 Å². The molecule has 1 aliphatic heterocycles. The topological polar surface area (TPSA) is 50.8 Å². The molecule has 2 aromatic carbocycles. The summed E-state index contributed by atoms with van der Waals surface area (Å²) in [7, 11) is 1.64. The summed E-state index contributed by atoms with van der Waals surface area (Å²) in [5.74, 6) is 2.71. The molecule has 1 N–H and O–H groups in total. The molecule has 0 saturated heterocycles. The summed E-state index contributed by atoms with van der Waals surface area (Å²) in [6.07, 6.45) is 5.36. The zero-order chi connectivity index (χ0) is 18.9. The van der Waals surface area contributed by atoms with E-state index in [1.807, 2.05) is 19.1 Å². The molecule has 134 valence electrons. The van der Waals surface area contributed by atoms with Crippen LogP contribution in [0.2, 0.25) is 5.02 Å². The molecule has 6 heteroatoms. The van der Waals surface area contributed by atoms with Gasteiger partial charge in [-0.15, -0.1) is 6.42 Å². The van der Waals surface area contributed by atoms with E-state index in [2.05, 4.69) is 11.2 Å². The minimum Gasteiger partial charge on any atom is -0.445 e. The van der Waals surface area contributed by atoms with Crippen molar-refractivity contribution in [3.8, 4) is 23.8 Å². The molecule has 2 amide bonds. The van der Waals surface area contributed by atoms with Gasteiger partial charge in [-0.3, -0.25) is 0 Å². The van der Waals surface area contributed by atoms with Gasteiger partial charge in [-0.05, 0) is 43.3 Å². The Morgan fingerprint density at radius 2 is 1.88 bits per heavy atom. The van der Waals surface area contributed by atoms with Gasteiger partial charge in [0.25, 0.3) is 5.79 Å². The highest BCUT2D eigenvalue weighted by atomic mass is 35.5. The van der Waals surface area contributed by atoms with Crippen molar-refractivity contribution < 1.29 is 14.3 Å². The number of nitrogens with zero attached hydrogens (tertiary/aromatic N) is 1. The van der Waals surface area contributed by atoms with E-state index in [0.29, 0.717) is 22.2 Å². The Balaban J connectivity index is 1.77. The van der Waals surface area contributed by atoms with Gasteiger partial charge in [0, 0.05) is 36.3 Å². The highest BCUT2D eigenvalue weighted by molar-refractivity contribution is 6.30. The van der Waals surface area contributed by atoms with Crippen molar-refractivity contribution in [2.45, 2.75) is 25.7 Å². The SMILES string of the molecule is C#CC(C)N(C)C(=O)Nc1ccc2c(c1)OC(C)(c1ccc(Cl)cc1)O2. The van der Waals surface area contributed by atoms with E-state index in [9.17, 15) is 4.79 Å². The molecular weight excluding hydrogens is 352 g/mol. The average Bonchev–Trinajstić information content (AvgIpc) is 2.97. The van der Waals surface area contributed by atoms with E-state index < -0.39 is 5.79 Å². The molecule has 0 spiro atoms. The number of hydrogen-bond donors (Lipinski definition) is 1. The maximum absolute atomic E-state index is 12.2. The highest BCUT2D eigenvalue weighted by Gasteiger charge is 2.38. The lowest BCUT2D eigenvalue weighted by molar-refractivity contribution is -0.0680. The van der Waals surface area contributed by atoms with E-state index >= 15 is 0 Å². The van der Waals surface area contributed by atoms with Gasteiger partial charge in [0.05, 0.1) is 6.04 Å². The number of amides is 2. The minimum absolute atomic E-state index is 0.297. The Labute approximate surface area is 157 Å². The zero-order valence-corrected chi connectivity index (χ0v) is 15.5. The van der Waals surface area contributed by atoms with Crippen molar-refractivity contribution in [3.63, 3.8) is 0 Å². The molecule has 2 atom stereocenters. The first-order chi connectivity index (χ1) is 12.3. The van der Waals surface area contributed by atoms with Gasteiger partial charge in [0.1, 0.15) is 0 Å². The number of benzene rings is 2. The number of urea groups is 1. The van der Waals surface area contributed by atoms with Gasteiger partial charge in [-0.25, -0.2) is 4.79 Å². The van der Waals surface area contributed by atoms with Crippen LogP contribution in [0.1, 0.15) is 19.4 Å². The zero-order valence-electron chi connectivity index (χ0n) is 14.7. The maximum atomic E-state index is 12.2. The predicted octanol–water partition coefficient (Wildman–Crippen LogP) is 4.47. The van der Waals surface area contributed by atoms with Crippen molar-refractivity contribution >= 4 is 23.3 Å². The molecule has 5 nitrogen and oxygen atoms in total. The third-order valence-electron chi connectivity index (χ3n) is 4.32. The molecule has 2 unspecified atom stereocenters. The molecule has 0 aromatic heterocycles. The number of rotatable bonds is 3. The standard InChI is InChI=1S/C20H19ClN2O3/c1-5-13(2)23(4)19(24)22-16-10-11-17-18(12-16)26-20(3,25-17)14-6-8-15(21)9-7-14/h1,6-13H,2-4H3,(H,22,24). The summed E-state index contributed by atoms with van der Waals surface area (Å²) >= 11 is 5.94. The molecule has 26 heavy (non-hydrogen) atoms. The minimum atomic E-state index is -0.954. The molecule has 0 bridgehead atoms. The van der Waals surface area contributed by atoms with Crippen LogP contribution in [0.15, 0.2) is 42.5 Å². The predicted molar refractivity (Wildman–Crippen MR) is 102 cm³/mol. The van der Waals surface area contributed by atoms with Crippen LogP contribution in [0.4, 0.5) is 10.5 Å². The van der Waals surface area contributed by atoms with Gasteiger partial charge in [-0.2, -0.15) is 0 Å². The molecule has 2 aromatic rings. The van der Waals surface area contributed by atoms with E-state index in [4.69, 9.17) is 27.5 Å². The molecular formula is C20H19ClN2O3. The fourth-order valence-corrected chi connectivity index (χ4v) is 2.69. The molecule has 0 saturated carbocycles. The number of ether oxygens (including phenoxy) is 2. The molecule has 3 rings (SSSR count). The number of nitrogens with one attached hydrogen (secondary N) is 1. The van der Waals surface area contributed by atoms with Crippen molar-refractivity contribution in [2.75, 3.05) is 12.4 Å². The molecule has 0 radical (unpaired) electrons. The number of halogens is 1. The van der Waals surface area contributed by atoms with Crippen LogP contribution in [-0.2, 0) is 5.79 Å². The van der Waals surface area contributed by atoms with Crippen molar-refractivity contribution in [1.82, 2.24) is 4.90 Å². The Morgan fingerprint density at radius 1 is 1.23 bits per heavy atom. The van der Waals surface area contributed by atoms with Crippen LogP contribution in [0.3, 0.4) is 0 Å². The fourth-order valence-electron chi connectivity index (χ4n) is 2.56. The molecule has 1 aliphatic rings. The lowest BCUT2D eigenvalue weighted by Gasteiger charge is -2.23. The van der Waals surface area contributed by atoms with E-state index in [0.717, 1.165) is 5.56 Å². The molecule has 0 fully saturated rings. The van der Waals surface area contributed by atoms with Crippen LogP contribution in [0.5, 0.6) is 11.5 Å². The first-order valence-electron chi connectivity index (χ1n) is 8.10. The number of hydrogen-bond acceptors (Lipinski definition) is 3. The lowest BCUT2D eigenvalue weighted by atomic mass is 10.1. The van der Waals surface area contributed by atoms with Crippen LogP contribution in [0, 0.1) is 12.3 Å². The van der Waals surface area contributed by atoms with Crippen molar-refractivity contribution in [3.05, 3.63) is 53.1 Å². The number of terminal acetylenes is 1. The number of anilines is 1. The van der Waals surface area contributed by atoms with Crippen LogP contribution < -0.4 is 14.8 Å². The molecule has 0 aliphatic carbocycles. The highest BCUT2D eigenvalue weighted by Crippen LogP contribution is 2.45. The second-order valence-electron chi connectivity index (χ2n) is 6.20. The third-order valence-corrected chi connectivity index (χ3v) is 4.57. The van der Waals surface area contributed by atoms with Crippen LogP contribution >= 0.6 is 11.6 Å². The summed E-state index contributed by atoms with van der Waals surface area (Å²) in [5, 5.41) is 3.44. The molecule has 1 heterocycles. The summed E-state index contributed by atoms with van der Waals surface area (Å²) in [6.45, 7) is 3.60. The first-order valence-corrected chi connectivity index (χ1v) is 8.48. The second-order valence-corrected chi connectivity index (χ2v) is 6.64. The lowest BCUT2D eigenvalue weighted by Crippen LogP contribution is -2.37. The van der Waals surface area contributed by atoms with Gasteiger partial charge in [0.2, 0.25) is 0 Å². The number of fused-ring (bicyclic) bond motifs is 1. The second kappa shape index (κ2) is 6.81. The third kappa shape index (κ3) is 3.42. The van der Waals surface area contributed by atoms with Gasteiger partial charge in [0.15, 0.2) is 11.5 Å². The van der Waals surface area contributed by atoms with E-state index in [1.165, 1.54) is 4.90 Å². The fraction of sp³-hybridized carbons (Fsp3) is 0.250. The Morgan fingerprint density at radius 3 is 2.54 bits per heavy atom. The van der Waals surface area contributed by atoms with E-state index in [-0.39, 0.29) is 12.1 Å². The van der Waals surface area contributed by atoms with E-state index in [1.54, 1.807) is 44.3 Å². The summed E-state index contributed by atoms with van der Waals surface area (Å²) in [5.41, 5.74) is 1.43. The van der Waals surface area contributed by atoms with Crippen LogP contribution in [0.25, 0.3) is 0 Å². The van der Waals surface area contributed by atoms with Gasteiger partial charge in [-0.1, -0.05) is 17.5 Å². The quantitative estimate of drug-likeness (QED) is 0.811. The van der Waals surface area contributed by atoms with Gasteiger partial charge >= 0.3 is 6.03 Å². The monoisotopic (exact) mass is 370 g/mol. The average molecular weight is 371 g/mol. The van der Waals surface area contributed by atoms with Crippen molar-refractivity contribution in [2.24, 2.45) is 0 Å². The Kier molecular flexibility index (Phi) is 4.71. The normalized spacial score (nSPS) is 18.7. The summed E-state index contributed by atoms with van der Waals surface area (Å²) in [6, 6.07) is 11.9. The Hall–Kier alpha value is -2.84. The van der Waals surface area contributed by atoms with Gasteiger partial charge < -0.3 is 19.7 Å². The maximum Gasteiger partial charge on any atom is 0.322 e. The number of carbonyl (C=O) groups is 1. The summed E-state index contributed by atoms with van der Waals surface area (Å²) < 4.78 is 12.0. The Bertz CT molecular complexity index is 876. The largest absolute Gasteiger partial charge is 0.445 e. The smallest absolute Gasteiger partial charge is 0.322 e. The van der Waals surface area contributed by atoms with Crippen molar-refractivity contribution in [1.29, 1.82) is 0 Å². The summed E-state index contributed by atoms with van der Waals surface area (Å²) in [4.78, 5) is 13.7.